The van der Waals surface area contributed by atoms with E-state index in [0.29, 0.717) is 0 Å². The molecule has 0 N–H and O–H groups in total. The molecule has 346 valence electrons. The van der Waals surface area contributed by atoms with Gasteiger partial charge in [0, 0.05) is 56.1 Å². The lowest BCUT2D eigenvalue weighted by Gasteiger charge is -2.26. The Hall–Kier alpha value is -9.64. The number of aryl methyl sites for hydroxylation is 1. The highest BCUT2D eigenvalue weighted by Crippen LogP contribution is 2.44. The topological polar surface area (TPSA) is 34.0 Å². The number of hydrogen-bond donors (Lipinski definition) is 0. The lowest BCUT2D eigenvalue weighted by Crippen LogP contribution is -2.10. The quantitative estimate of drug-likeness (QED) is 0.114. The number of allylic oxidation sites excluding steroid dienone is 2. The zero-order chi connectivity index (χ0) is 49.1. The van der Waals surface area contributed by atoms with Crippen molar-refractivity contribution in [3.05, 3.63) is 285 Å². The Morgan fingerprint density at radius 1 is 0.384 bits per heavy atom. The van der Waals surface area contributed by atoms with Crippen LogP contribution in [0.15, 0.2) is 274 Å². The molecular formula is C69H50N4. The van der Waals surface area contributed by atoms with E-state index in [1.165, 1.54) is 16.5 Å². The van der Waals surface area contributed by atoms with Crippen LogP contribution in [0, 0.1) is 6.92 Å². The summed E-state index contributed by atoms with van der Waals surface area (Å²) in [5.74, 6) is 0. The standard InChI is InChI=1S/C69H50N4/c1-3-4-36-64-48(2)57-31-21-22-37-65(57)73(64)56-44-42-55(43-45-56)72(53-29-15-8-16-30-53)54-40-38-52(39-41-54)67-66(51-27-13-7-14-28-51)70-68-62(60-34-19-17-32-58(60)49-23-9-5-10-24-49)46-47-63(69(68)71-67)61-35-20-18-33-59(61)50-25-11-6-12-26-50/h3-47H,1H2,2H3/b36-4-. The molecule has 10 aromatic carbocycles. The summed E-state index contributed by atoms with van der Waals surface area (Å²) in [5.41, 5.74) is 21.8. The minimum Gasteiger partial charge on any atom is -0.311 e. The maximum Gasteiger partial charge on any atom is 0.0979 e. The first-order valence-electron chi connectivity index (χ1n) is 24.8. The van der Waals surface area contributed by atoms with Crippen molar-refractivity contribution in [2.24, 2.45) is 0 Å². The van der Waals surface area contributed by atoms with Gasteiger partial charge < -0.3 is 9.47 Å². The molecule has 12 rings (SSSR count). The summed E-state index contributed by atoms with van der Waals surface area (Å²) >= 11 is 0. The summed E-state index contributed by atoms with van der Waals surface area (Å²) in [6.07, 6.45) is 5.98. The second-order valence-corrected chi connectivity index (χ2v) is 18.2. The van der Waals surface area contributed by atoms with Crippen LogP contribution in [0.4, 0.5) is 17.1 Å². The predicted octanol–water partition coefficient (Wildman–Crippen LogP) is 18.6. The molecule has 2 heterocycles. The molecule has 0 spiro atoms. The summed E-state index contributed by atoms with van der Waals surface area (Å²) < 4.78 is 2.34. The Bertz CT molecular complexity index is 3950. The van der Waals surface area contributed by atoms with Crippen molar-refractivity contribution in [1.29, 1.82) is 0 Å². The summed E-state index contributed by atoms with van der Waals surface area (Å²) in [7, 11) is 0. The number of para-hydroxylation sites is 2. The first-order chi connectivity index (χ1) is 36.1. The fourth-order valence-corrected chi connectivity index (χ4v) is 10.3. The first-order valence-corrected chi connectivity index (χ1v) is 24.8. The summed E-state index contributed by atoms with van der Waals surface area (Å²) in [6.45, 7) is 6.14. The number of hydrogen-bond acceptors (Lipinski definition) is 3. The Morgan fingerprint density at radius 2 is 0.795 bits per heavy atom. The van der Waals surface area contributed by atoms with Crippen molar-refractivity contribution in [3.63, 3.8) is 0 Å². The van der Waals surface area contributed by atoms with Crippen LogP contribution >= 0.6 is 0 Å². The molecule has 12 aromatic rings. The van der Waals surface area contributed by atoms with E-state index in [9.17, 15) is 0 Å². The van der Waals surface area contributed by atoms with Crippen LogP contribution in [0.1, 0.15) is 11.3 Å². The summed E-state index contributed by atoms with van der Waals surface area (Å²) in [4.78, 5) is 13.9. The minimum absolute atomic E-state index is 0.809. The molecule has 0 aliphatic rings. The van der Waals surface area contributed by atoms with Crippen molar-refractivity contribution in [1.82, 2.24) is 14.5 Å². The fraction of sp³-hybridized carbons (Fsp3) is 0.0145. The van der Waals surface area contributed by atoms with Gasteiger partial charge >= 0.3 is 0 Å². The van der Waals surface area contributed by atoms with Gasteiger partial charge in [0.05, 0.1) is 27.9 Å². The summed E-state index contributed by atoms with van der Waals surface area (Å²) in [6, 6.07) is 90.3. The van der Waals surface area contributed by atoms with Crippen LogP contribution in [0.25, 0.3) is 101 Å². The SMILES string of the molecule is C=C/C=C\c1c(C)c2ccccc2n1-c1ccc(N(c2ccccc2)c2ccc(-c3nc4c(-c5ccccc5-c5ccccc5)ccc(-c5ccccc5-c5ccccc5)c4nc3-c3ccccc3)cc2)cc1. The second-order valence-electron chi connectivity index (χ2n) is 18.2. The molecule has 0 amide bonds. The maximum absolute atomic E-state index is 5.81. The lowest BCUT2D eigenvalue weighted by atomic mass is 9.89. The Morgan fingerprint density at radius 3 is 1.32 bits per heavy atom. The van der Waals surface area contributed by atoms with E-state index in [2.05, 4.69) is 284 Å². The van der Waals surface area contributed by atoms with Gasteiger partial charge in [-0.05, 0) is 107 Å². The van der Waals surface area contributed by atoms with Crippen LogP contribution in [-0.2, 0) is 0 Å². The van der Waals surface area contributed by atoms with Crippen molar-refractivity contribution >= 4 is 45.1 Å². The van der Waals surface area contributed by atoms with E-state index >= 15 is 0 Å². The van der Waals surface area contributed by atoms with Crippen LogP contribution in [0.3, 0.4) is 0 Å². The second kappa shape index (κ2) is 19.6. The highest BCUT2D eigenvalue weighted by Gasteiger charge is 2.23. The van der Waals surface area contributed by atoms with Crippen LogP contribution in [0.5, 0.6) is 0 Å². The Labute approximate surface area is 426 Å². The number of anilines is 3. The van der Waals surface area contributed by atoms with Crippen LogP contribution in [-0.4, -0.2) is 14.5 Å². The van der Waals surface area contributed by atoms with Crippen molar-refractivity contribution in [2.45, 2.75) is 6.92 Å². The highest BCUT2D eigenvalue weighted by molar-refractivity contribution is 6.07. The third-order valence-corrected chi connectivity index (χ3v) is 13.8. The normalized spacial score (nSPS) is 11.4. The van der Waals surface area contributed by atoms with Gasteiger partial charge in [0.15, 0.2) is 0 Å². The fourth-order valence-electron chi connectivity index (χ4n) is 10.3. The van der Waals surface area contributed by atoms with Crippen molar-refractivity contribution in [2.75, 3.05) is 4.90 Å². The van der Waals surface area contributed by atoms with E-state index in [0.717, 1.165) is 106 Å². The molecule has 73 heavy (non-hydrogen) atoms. The smallest absolute Gasteiger partial charge is 0.0979 e. The Kier molecular flexibility index (Phi) is 12.0. The average molecular weight is 935 g/mol. The molecule has 0 unspecified atom stereocenters. The molecule has 0 saturated carbocycles. The molecule has 0 radical (unpaired) electrons. The number of nitrogens with zero attached hydrogens (tertiary/aromatic N) is 4. The van der Waals surface area contributed by atoms with Crippen molar-refractivity contribution in [3.8, 4) is 72.7 Å². The third-order valence-electron chi connectivity index (χ3n) is 13.8. The number of rotatable bonds is 12. The zero-order valence-corrected chi connectivity index (χ0v) is 40.5. The monoisotopic (exact) mass is 934 g/mol. The summed E-state index contributed by atoms with van der Waals surface area (Å²) in [5, 5.41) is 1.23. The molecular weight excluding hydrogens is 885 g/mol. The molecule has 4 nitrogen and oxygen atoms in total. The largest absolute Gasteiger partial charge is 0.311 e. The van der Waals surface area contributed by atoms with Crippen molar-refractivity contribution < 1.29 is 0 Å². The zero-order valence-electron chi connectivity index (χ0n) is 40.5. The Balaban J connectivity index is 1.03. The van der Waals surface area contributed by atoms with Crippen LogP contribution in [0.2, 0.25) is 0 Å². The van der Waals surface area contributed by atoms with E-state index < -0.39 is 0 Å². The molecule has 0 atom stereocenters. The molecule has 4 heteroatoms. The molecule has 0 saturated heterocycles. The first kappa shape index (κ1) is 44.6. The van der Waals surface area contributed by atoms with Gasteiger partial charge in [-0.2, -0.15) is 0 Å². The molecule has 0 aliphatic carbocycles. The van der Waals surface area contributed by atoms with Crippen LogP contribution < -0.4 is 4.90 Å². The lowest BCUT2D eigenvalue weighted by molar-refractivity contribution is 1.09. The van der Waals surface area contributed by atoms with E-state index in [1.54, 1.807) is 0 Å². The molecule has 0 aliphatic heterocycles. The highest BCUT2D eigenvalue weighted by atomic mass is 15.1. The number of benzene rings is 10. The predicted molar refractivity (Wildman–Crippen MR) is 308 cm³/mol. The van der Waals surface area contributed by atoms with E-state index in [1.807, 2.05) is 12.2 Å². The minimum atomic E-state index is 0.809. The molecule has 0 bridgehead atoms. The third kappa shape index (κ3) is 8.41. The van der Waals surface area contributed by atoms with Gasteiger partial charge in [0.25, 0.3) is 0 Å². The number of fused-ring (bicyclic) bond motifs is 2. The molecule has 0 fully saturated rings. The van der Waals surface area contributed by atoms with Gasteiger partial charge in [-0.1, -0.05) is 219 Å². The van der Waals surface area contributed by atoms with E-state index in [4.69, 9.17) is 9.97 Å². The van der Waals surface area contributed by atoms with Gasteiger partial charge in [-0.25, -0.2) is 9.97 Å². The van der Waals surface area contributed by atoms with Gasteiger partial charge in [0.1, 0.15) is 0 Å². The van der Waals surface area contributed by atoms with Gasteiger partial charge in [-0.15, -0.1) is 0 Å². The van der Waals surface area contributed by atoms with Gasteiger partial charge in [-0.3, -0.25) is 0 Å². The van der Waals surface area contributed by atoms with E-state index in [-0.39, 0.29) is 0 Å². The van der Waals surface area contributed by atoms with Gasteiger partial charge in [0.2, 0.25) is 0 Å². The molecule has 2 aromatic heterocycles. The average Bonchev–Trinajstić information content (AvgIpc) is 3.75. The number of aromatic nitrogens is 3. The maximum atomic E-state index is 5.81.